The summed E-state index contributed by atoms with van der Waals surface area (Å²) in [6, 6.07) is 16.7. The SMILES string of the molecule is COc1ccccc1NC(=O)c1c(C)nc2c(-c3ccccc3)c(C)[nH]n2c1=O. The van der Waals surface area contributed by atoms with Crippen LogP contribution in [0.5, 0.6) is 5.75 Å². The van der Waals surface area contributed by atoms with Gasteiger partial charge in [0.1, 0.15) is 11.3 Å². The van der Waals surface area contributed by atoms with Crippen molar-refractivity contribution in [1.29, 1.82) is 0 Å². The van der Waals surface area contributed by atoms with Gasteiger partial charge in [0.05, 0.1) is 18.5 Å². The minimum atomic E-state index is -0.535. The summed E-state index contributed by atoms with van der Waals surface area (Å²) in [5, 5.41) is 5.79. The number of aryl methyl sites for hydroxylation is 2. The molecule has 2 N–H and O–H groups in total. The van der Waals surface area contributed by atoms with E-state index in [1.54, 1.807) is 31.2 Å². The van der Waals surface area contributed by atoms with E-state index in [0.717, 1.165) is 16.8 Å². The number of carbonyl (C=O) groups is 1. The van der Waals surface area contributed by atoms with Gasteiger partial charge in [-0.1, -0.05) is 42.5 Å². The van der Waals surface area contributed by atoms with Gasteiger partial charge in [-0.25, -0.2) is 9.50 Å². The molecular weight excluding hydrogens is 368 g/mol. The maximum absolute atomic E-state index is 13.1. The van der Waals surface area contributed by atoms with Gasteiger partial charge in [-0.15, -0.1) is 0 Å². The van der Waals surface area contributed by atoms with Gasteiger partial charge < -0.3 is 10.1 Å². The molecule has 0 bridgehead atoms. The molecule has 0 aliphatic rings. The minimum Gasteiger partial charge on any atom is -0.495 e. The highest BCUT2D eigenvalue weighted by atomic mass is 16.5. The molecule has 0 radical (unpaired) electrons. The molecule has 0 saturated heterocycles. The lowest BCUT2D eigenvalue weighted by Crippen LogP contribution is -2.29. The number of nitrogens with one attached hydrogen (secondary N) is 2. The number of fused-ring (bicyclic) bond motifs is 1. The van der Waals surface area contributed by atoms with Crippen molar-refractivity contribution in [2.45, 2.75) is 13.8 Å². The number of rotatable bonds is 4. The maximum atomic E-state index is 13.1. The molecule has 7 heteroatoms. The number of aromatic nitrogens is 3. The van der Waals surface area contributed by atoms with Crippen molar-refractivity contribution in [2.24, 2.45) is 0 Å². The zero-order valence-corrected chi connectivity index (χ0v) is 16.3. The molecule has 146 valence electrons. The van der Waals surface area contributed by atoms with E-state index in [1.165, 1.54) is 11.6 Å². The number of ether oxygens (including phenoxy) is 1. The van der Waals surface area contributed by atoms with E-state index in [4.69, 9.17) is 4.74 Å². The molecule has 4 aromatic rings. The Hall–Kier alpha value is -3.87. The predicted octanol–water partition coefficient (Wildman–Crippen LogP) is 3.57. The third kappa shape index (κ3) is 3.16. The van der Waals surface area contributed by atoms with E-state index in [2.05, 4.69) is 15.4 Å². The number of nitrogens with zero attached hydrogens (tertiary/aromatic N) is 2. The number of para-hydroxylation sites is 2. The van der Waals surface area contributed by atoms with Gasteiger partial charge in [-0.3, -0.25) is 14.7 Å². The highest BCUT2D eigenvalue weighted by molar-refractivity contribution is 6.05. The van der Waals surface area contributed by atoms with Crippen molar-refractivity contribution in [3.8, 4) is 16.9 Å². The summed E-state index contributed by atoms with van der Waals surface area (Å²) < 4.78 is 6.58. The fourth-order valence-electron chi connectivity index (χ4n) is 3.43. The second-order valence-electron chi connectivity index (χ2n) is 6.67. The third-order valence-electron chi connectivity index (χ3n) is 4.79. The Kier molecular flexibility index (Phi) is 4.64. The first-order valence-corrected chi connectivity index (χ1v) is 9.13. The highest BCUT2D eigenvalue weighted by Gasteiger charge is 2.22. The average molecular weight is 388 g/mol. The molecule has 2 heterocycles. The molecule has 4 rings (SSSR count). The van der Waals surface area contributed by atoms with E-state index in [9.17, 15) is 9.59 Å². The number of amides is 1. The molecule has 0 fully saturated rings. The monoisotopic (exact) mass is 388 g/mol. The van der Waals surface area contributed by atoms with Crippen molar-refractivity contribution in [1.82, 2.24) is 14.6 Å². The van der Waals surface area contributed by atoms with Crippen LogP contribution in [0.15, 0.2) is 59.4 Å². The molecule has 0 spiro atoms. The highest BCUT2D eigenvalue weighted by Crippen LogP contribution is 2.27. The first kappa shape index (κ1) is 18.5. The Balaban J connectivity index is 1.83. The van der Waals surface area contributed by atoms with Crippen molar-refractivity contribution < 1.29 is 9.53 Å². The van der Waals surface area contributed by atoms with Crippen LogP contribution < -0.4 is 15.6 Å². The molecular formula is C22H20N4O3. The van der Waals surface area contributed by atoms with Crippen LogP contribution in [-0.4, -0.2) is 27.6 Å². The molecule has 29 heavy (non-hydrogen) atoms. The molecule has 0 aliphatic heterocycles. The molecule has 0 atom stereocenters. The summed E-state index contributed by atoms with van der Waals surface area (Å²) in [7, 11) is 1.52. The van der Waals surface area contributed by atoms with Gasteiger partial charge in [0, 0.05) is 11.3 Å². The van der Waals surface area contributed by atoms with Crippen molar-refractivity contribution in [3.63, 3.8) is 0 Å². The fraction of sp³-hybridized carbons (Fsp3) is 0.136. The first-order chi connectivity index (χ1) is 14.0. The van der Waals surface area contributed by atoms with Crippen LogP contribution in [0.1, 0.15) is 21.7 Å². The topological polar surface area (TPSA) is 88.5 Å². The third-order valence-corrected chi connectivity index (χ3v) is 4.79. The number of benzene rings is 2. The number of anilines is 1. The van der Waals surface area contributed by atoms with Gasteiger partial charge in [-0.05, 0) is 31.5 Å². The van der Waals surface area contributed by atoms with Crippen LogP contribution in [0, 0.1) is 13.8 Å². The van der Waals surface area contributed by atoms with Crippen LogP contribution >= 0.6 is 0 Å². The molecule has 1 amide bonds. The molecule has 0 saturated carbocycles. The van der Waals surface area contributed by atoms with Crippen LogP contribution in [-0.2, 0) is 0 Å². The summed E-state index contributed by atoms with van der Waals surface area (Å²) in [4.78, 5) is 30.6. The molecule has 2 aromatic heterocycles. The molecule has 7 nitrogen and oxygen atoms in total. The lowest BCUT2D eigenvalue weighted by Gasteiger charge is -2.11. The van der Waals surface area contributed by atoms with Gasteiger partial charge >= 0.3 is 0 Å². The second kappa shape index (κ2) is 7.27. The lowest BCUT2D eigenvalue weighted by atomic mass is 10.1. The normalized spacial score (nSPS) is 10.9. The summed E-state index contributed by atoms with van der Waals surface area (Å²) in [6.07, 6.45) is 0. The fourth-order valence-corrected chi connectivity index (χ4v) is 3.43. The van der Waals surface area contributed by atoms with E-state index >= 15 is 0 Å². The van der Waals surface area contributed by atoms with Crippen molar-refractivity contribution in [2.75, 3.05) is 12.4 Å². The number of hydrogen-bond donors (Lipinski definition) is 2. The van der Waals surface area contributed by atoms with Crippen LogP contribution in [0.4, 0.5) is 5.69 Å². The van der Waals surface area contributed by atoms with Gasteiger partial charge in [0.15, 0.2) is 5.65 Å². The van der Waals surface area contributed by atoms with Gasteiger partial charge in [0.25, 0.3) is 11.5 Å². The Bertz CT molecular complexity index is 1270. The molecule has 0 unspecified atom stereocenters. The van der Waals surface area contributed by atoms with Gasteiger partial charge in [0.2, 0.25) is 0 Å². The Morgan fingerprint density at radius 2 is 1.76 bits per heavy atom. The number of carbonyl (C=O) groups excluding carboxylic acids is 1. The zero-order chi connectivity index (χ0) is 20.5. The summed E-state index contributed by atoms with van der Waals surface area (Å²) >= 11 is 0. The maximum Gasteiger partial charge on any atom is 0.285 e. The predicted molar refractivity (Wildman–Crippen MR) is 112 cm³/mol. The summed E-state index contributed by atoms with van der Waals surface area (Å²) in [6.45, 7) is 3.54. The lowest BCUT2D eigenvalue weighted by molar-refractivity contribution is 0.102. The summed E-state index contributed by atoms with van der Waals surface area (Å²) in [5.74, 6) is -0.0258. The minimum absolute atomic E-state index is 0.0192. The standard InChI is InChI=1S/C22H20N4O3/c1-13-19(21(27)24-16-11-7-8-12-17(16)29-3)22(28)26-20(23-13)18(14(2)25-26)15-9-5-4-6-10-15/h4-12,25H,1-3H3,(H,24,27). The van der Waals surface area contributed by atoms with E-state index < -0.39 is 11.5 Å². The van der Waals surface area contributed by atoms with Crippen molar-refractivity contribution in [3.05, 3.63) is 81.9 Å². The quantitative estimate of drug-likeness (QED) is 0.559. The van der Waals surface area contributed by atoms with E-state index in [-0.39, 0.29) is 5.56 Å². The largest absolute Gasteiger partial charge is 0.495 e. The first-order valence-electron chi connectivity index (χ1n) is 9.13. The second-order valence-corrected chi connectivity index (χ2v) is 6.67. The number of hydrogen-bond acceptors (Lipinski definition) is 4. The number of methoxy groups -OCH3 is 1. The zero-order valence-electron chi connectivity index (χ0n) is 16.3. The van der Waals surface area contributed by atoms with Gasteiger partial charge in [-0.2, -0.15) is 0 Å². The van der Waals surface area contributed by atoms with Crippen LogP contribution in [0.3, 0.4) is 0 Å². The molecule has 0 aliphatic carbocycles. The Morgan fingerprint density at radius 3 is 2.48 bits per heavy atom. The van der Waals surface area contributed by atoms with E-state index in [0.29, 0.717) is 22.8 Å². The molecule has 2 aromatic carbocycles. The van der Waals surface area contributed by atoms with E-state index in [1.807, 2.05) is 37.3 Å². The number of H-pyrrole nitrogens is 1. The van der Waals surface area contributed by atoms with Crippen LogP contribution in [0.2, 0.25) is 0 Å². The van der Waals surface area contributed by atoms with Crippen LogP contribution in [0.25, 0.3) is 16.8 Å². The summed E-state index contributed by atoms with van der Waals surface area (Å²) in [5.41, 5.74) is 3.44. The Labute approximate surface area is 167 Å². The van der Waals surface area contributed by atoms with Crippen molar-refractivity contribution >= 4 is 17.2 Å². The smallest absolute Gasteiger partial charge is 0.285 e. The number of aromatic amines is 1. The Morgan fingerprint density at radius 1 is 1.07 bits per heavy atom. The average Bonchev–Trinajstić information content (AvgIpc) is 3.05.